The maximum absolute atomic E-state index is 4.57. The lowest BCUT2D eigenvalue weighted by Crippen LogP contribution is -2.23. The molecule has 84 valence electrons. The van der Waals surface area contributed by atoms with Crippen molar-refractivity contribution in [1.29, 1.82) is 0 Å². The normalized spacial score (nSPS) is 13.0. The van der Waals surface area contributed by atoms with Crippen LogP contribution in [0.2, 0.25) is 0 Å². The highest BCUT2D eigenvalue weighted by atomic mass is 79.9. The molecule has 0 saturated carbocycles. The highest BCUT2D eigenvalue weighted by Gasteiger charge is 2.26. The molecule has 0 aliphatic rings. The summed E-state index contributed by atoms with van der Waals surface area (Å²) in [6.07, 6.45) is 1.88. The van der Waals surface area contributed by atoms with Crippen LogP contribution in [0.1, 0.15) is 52.8 Å². The van der Waals surface area contributed by atoms with Gasteiger partial charge in [-0.3, -0.25) is 4.98 Å². The maximum Gasteiger partial charge on any atom is 0.0495 e. The van der Waals surface area contributed by atoms with Crippen molar-refractivity contribution in [2.45, 2.75) is 52.4 Å². The molecule has 0 saturated heterocycles. The van der Waals surface area contributed by atoms with Crippen LogP contribution < -0.4 is 0 Å². The van der Waals surface area contributed by atoms with Gasteiger partial charge < -0.3 is 0 Å². The largest absolute Gasteiger partial charge is 0.259 e. The van der Waals surface area contributed by atoms with Gasteiger partial charge in [-0.1, -0.05) is 41.5 Å². The minimum absolute atomic E-state index is 0.101. The fourth-order valence-electron chi connectivity index (χ4n) is 1.61. The van der Waals surface area contributed by atoms with E-state index < -0.39 is 0 Å². The molecule has 15 heavy (non-hydrogen) atoms. The molecule has 0 aliphatic carbocycles. The van der Waals surface area contributed by atoms with Gasteiger partial charge in [0.2, 0.25) is 0 Å². The summed E-state index contributed by atoms with van der Waals surface area (Å²) >= 11 is 3.49. The first-order chi connectivity index (χ1) is 6.62. The SMILES string of the molecule is CC(C)(C)c1cc(Br)cnc1C(C)(C)C. The summed E-state index contributed by atoms with van der Waals surface area (Å²) in [5.74, 6) is 0. The van der Waals surface area contributed by atoms with Crippen molar-refractivity contribution in [3.8, 4) is 0 Å². The van der Waals surface area contributed by atoms with Crippen molar-refractivity contribution in [3.63, 3.8) is 0 Å². The van der Waals surface area contributed by atoms with Crippen LogP contribution in [0.5, 0.6) is 0 Å². The van der Waals surface area contributed by atoms with Crippen molar-refractivity contribution in [2.24, 2.45) is 0 Å². The second-order valence-corrected chi connectivity index (χ2v) is 6.97. The van der Waals surface area contributed by atoms with E-state index in [1.165, 1.54) is 11.3 Å². The van der Waals surface area contributed by atoms with E-state index in [0.29, 0.717) is 0 Å². The van der Waals surface area contributed by atoms with Gasteiger partial charge in [0.05, 0.1) is 0 Å². The molecule has 0 N–H and O–H groups in total. The van der Waals surface area contributed by atoms with Gasteiger partial charge in [0.15, 0.2) is 0 Å². The van der Waals surface area contributed by atoms with Gasteiger partial charge in [0.25, 0.3) is 0 Å². The van der Waals surface area contributed by atoms with E-state index >= 15 is 0 Å². The molecule has 0 radical (unpaired) electrons. The van der Waals surface area contributed by atoms with Crippen molar-refractivity contribution in [1.82, 2.24) is 4.98 Å². The Morgan fingerprint density at radius 2 is 1.53 bits per heavy atom. The quantitative estimate of drug-likeness (QED) is 0.679. The Hall–Kier alpha value is -0.370. The van der Waals surface area contributed by atoms with E-state index in [4.69, 9.17) is 0 Å². The smallest absolute Gasteiger partial charge is 0.0495 e. The average molecular weight is 270 g/mol. The van der Waals surface area contributed by atoms with Crippen molar-refractivity contribution in [3.05, 3.63) is 28.0 Å². The lowest BCUT2D eigenvalue weighted by atomic mass is 9.78. The Balaban J connectivity index is 3.41. The molecule has 0 amide bonds. The van der Waals surface area contributed by atoms with Crippen LogP contribution >= 0.6 is 15.9 Å². The first kappa shape index (κ1) is 12.7. The summed E-state index contributed by atoms with van der Waals surface area (Å²) in [6.45, 7) is 13.3. The Labute approximate surface area is 101 Å². The first-order valence-electron chi connectivity index (χ1n) is 5.29. The molecular weight excluding hydrogens is 250 g/mol. The van der Waals surface area contributed by atoms with E-state index in [2.05, 4.69) is 68.5 Å². The standard InChI is InChI=1S/C13H20BrN/c1-12(2,3)10-7-9(14)8-15-11(10)13(4,5)6/h7-8H,1-6H3. The Morgan fingerprint density at radius 3 is 1.93 bits per heavy atom. The zero-order chi connectivity index (χ0) is 11.9. The van der Waals surface area contributed by atoms with Gasteiger partial charge in [0.1, 0.15) is 0 Å². The topological polar surface area (TPSA) is 12.9 Å². The summed E-state index contributed by atoms with van der Waals surface area (Å²) in [4.78, 5) is 4.57. The Bertz CT molecular complexity index is 356. The number of hydrogen-bond donors (Lipinski definition) is 0. The molecule has 2 heteroatoms. The second-order valence-electron chi connectivity index (χ2n) is 6.05. The molecule has 1 heterocycles. The van der Waals surface area contributed by atoms with Gasteiger partial charge >= 0.3 is 0 Å². The number of halogens is 1. The molecule has 0 fully saturated rings. The maximum atomic E-state index is 4.57. The molecule has 1 nitrogen and oxygen atoms in total. The minimum Gasteiger partial charge on any atom is -0.259 e. The third-order valence-corrected chi connectivity index (χ3v) is 2.81. The van der Waals surface area contributed by atoms with Crippen LogP contribution in [0, 0.1) is 0 Å². The summed E-state index contributed by atoms with van der Waals surface area (Å²) in [6, 6.07) is 2.19. The van der Waals surface area contributed by atoms with Crippen LogP contribution in [0.25, 0.3) is 0 Å². The number of rotatable bonds is 0. The lowest BCUT2D eigenvalue weighted by molar-refractivity contribution is 0.513. The first-order valence-corrected chi connectivity index (χ1v) is 6.08. The number of aromatic nitrogens is 1. The summed E-state index contributed by atoms with van der Waals surface area (Å²) in [7, 11) is 0. The molecule has 0 bridgehead atoms. The third kappa shape index (κ3) is 3.04. The van der Waals surface area contributed by atoms with Gasteiger partial charge in [-0.2, -0.15) is 0 Å². The average Bonchev–Trinajstić information content (AvgIpc) is 2.00. The Kier molecular flexibility index (Phi) is 3.30. The van der Waals surface area contributed by atoms with E-state index in [9.17, 15) is 0 Å². The van der Waals surface area contributed by atoms with Crippen molar-refractivity contribution >= 4 is 15.9 Å². The van der Waals surface area contributed by atoms with Crippen LogP contribution in [-0.2, 0) is 10.8 Å². The number of nitrogens with zero attached hydrogens (tertiary/aromatic N) is 1. The van der Waals surface area contributed by atoms with Crippen molar-refractivity contribution in [2.75, 3.05) is 0 Å². The van der Waals surface area contributed by atoms with Gasteiger partial charge in [0, 0.05) is 21.8 Å². The van der Waals surface area contributed by atoms with Crippen LogP contribution in [0.4, 0.5) is 0 Å². The predicted octanol–water partition coefficient (Wildman–Crippen LogP) is 4.44. The molecule has 1 aromatic rings. The third-order valence-electron chi connectivity index (χ3n) is 2.37. The molecule has 0 unspecified atom stereocenters. The molecule has 1 rings (SSSR count). The van der Waals surface area contributed by atoms with Crippen molar-refractivity contribution < 1.29 is 0 Å². The summed E-state index contributed by atoms with van der Waals surface area (Å²) in [5.41, 5.74) is 2.76. The monoisotopic (exact) mass is 269 g/mol. The van der Waals surface area contributed by atoms with Crippen LogP contribution in [-0.4, -0.2) is 4.98 Å². The second kappa shape index (κ2) is 3.89. The molecule has 0 spiro atoms. The summed E-state index contributed by atoms with van der Waals surface area (Å²) < 4.78 is 1.06. The fraction of sp³-hybridized carbons (Fsp3) is 0.615. The van der Waals surface area contributed by atoms with E-state index in [1.807, 2.05) is 6.20 Å². The molecule has 0 aromatic carbocycles. The van der Waals surface area contributed by atoms with Gasteiger partial charge in [-0.25, -0.2) is 0 Å². The molecule has 0 atom stereocenters. The zero-order valence-electron chi connectivity index (χ0n) is 10.5. The van der Waals surface area contributed by atoms with Crippen LogP contribution in [0.15, 0.2) is 16.7 Å². The van der Waals surface area contributed by atoms with E-state index in [0.717, 1.165) is 4.47 Å². The molecule has 1 aromatic heterocycles. The van der Waals surface area contributed by atoms with E-state index in [-0.39, 0.29) is 10.8 Å². The molecule has 0 aliphatic heterocycles. The zero-order valence-corrected chi connectivity index (χ0v) is 12.1. The highest BCUT2D eigenvalue weighted by molar-refractivity contribution is 9.10. The minimum atomic E-state index is 0.101. The number of hydrogen-bond acceptors (Lipinski definition) is 1. The predicted molar refractivity (Wildman–Crippen MR) is 69.3 cm³/mol. The fourth-order valence-corrected chi connectivity index (χ4v) is 1.94. The van der Waals surface area contributed by atoms with Gasteiger partial charge in [-0.05, 0) is 33.0 Å². The van der Waals surface area contributed by atoms with Crippen LogP contribution in [0.3, 0.4) is 0 Å². The summed E-state index contributed by atoms with van der Waals surface area (Å²) in [5, 5.41) is 0. The lowest BCUT2D eigenvalue weighted by Gasteiger charge is -2.28. The number of pyridine rings is 1. The van der Waals surface area contributed by atoms with Gasteiger partial charge in [-0.15, -0.1) is 0 Å². The highest BCUT2D eigenvalue weighted by Crippen LogP contribution is 2.33. The van der Waals surface area contributed by atoms with E-state index in [1.54, 1.807) is 0 Å². The Morgan fingerprint density at radius 1 is 1.00 bits per heavy atom. The molecular formula is C13H20BrN.